The number of aryl methyl sites for hydroxylation is 1. The van der Waals surface area contributed by atoms with Crippen molar-refractivity contribution in [1.29, 1.82) is 5.26 Å². The molecule has 2 aliphatic rings. The predicted molar refractivity (Wildman–Crippen MR) is 126 cm³/mol. The van der Waals surface area contributed by atoms with Crippen LogP contribution >= 0.6 is 0 Å². The number of aromatic carboxylic acids is 1. The number of anilines is 2. The molecular formula is C27H22N4O3. The molecule has 0 spiro atoms. The van der Waals surface area contributed by atoms with E-state index in [9.17, 15) is 20.0 Å². The molecule has 0 bridgehead atoms. The molecular weight excluding hydrogens is 428 g/mol. The number of aromatic nitrogens is 2. The summed E-state index contributed by atoms with van der Waals surface area (Å²) in [5, 5.41) is 22.7. The molecule has 34 heavy (non-hydrogen) atoms. The maximum atomic E-state index is 13.0. The van der Waals surface area contributed by atoms with Crippen molar-refractivity contribution < 1.29 is 14.7 Å². The number of nitrogens with one attached hydrogen (secondary N) is 1. The fourth-order valence-corrected chi connectivity index (χ4v) is 5.35. The number of nitrogens with zero attached hydrogens (tertiary/aromatic N) is 3. The molecule has 1 aromatic heterocycles. The molecule has 168 valence electrons. The smallest absolute Gasteiger partial charge is 0.335 e. The van der Waals surface area contributed by atoms with Crippen LogP contribution in [0, 0.1) is 23.2 Å². The Hall–Kier alpha value is -4.31. The SMILES string of the molecule is C[C@@H]1C(=O)C(C#N)=C[C@]2(c3cccc(C(=O)O)c3)c3nc(Nc4ccccc4)ncc3CC[C@@H]12. The van der Waals surface area contributed by atoms with Crippen molar-refractivity contribution >= 4 is 23.4 Å². The summed E-state index contributed by atoms with van der Waals surface area (Å²) in [7, 11) is 0. The number of carbonyl (C=O) groups excluding carboxylic acids is 1. The average molecular weight is 450 g/mol. The number of rotatable bonds is 4. The van der Waals surface area contributed by atoms with E-state index in [1.54, 1.807) is 24.4 Å². The van der Waals surface area contributed by atoms with E-state index in [1.165, 1.54) is 6.07 Å². The molecule has 1 heterocycles. The Labute approximate surface area is 196 Å². The Bertz CT molecular complexity index is 1380. The van der Waals surface area contributed by atoms with Gasteiger partial charge in [0.05, 0.1) is 22.2 Å². The first-order valence-electron chi connectivity index (χ1n) is 11.1. The number of Topliss-reactive ketones (excluding diaryl/α,β-unsaturated/α-hetero) is 1. The Morgan fingerprint density at radius 2 is 2.00 bits per heavy atom. The Morgan fingerprint density at radius 3 is 2.74 bits per heavy atom. The van der Waals surface area contributed by atoms with Crippen LogP contribution in [0.2, 0.25) is 0 Å². The third-order valence-corrected chi connectivity index (χ3v) is 6.96. The van der Waals surface area contributed by atoms with Crippen LogP contribution in [0.3, 0.4) is 0 Å². The van der Waals surface area contributed by atoms with Gasteiger partial charge in [0.25, 0.3) is 0 Å². The average Bonchev–Trinajstić information content (AvgIpc) is 2.86. The number of carbonyl (C=O) groups is 2. The van der Waals surface area contributed by atoms with Gasteiger partial charge >= 0.3 is 5.97 Å². The highest BCUT2D eigenvalue weighted by atomic mass is 16.4. The van der Waals surface area contributed by atoms with Crippen molar-refractivity contribution in [3.8, 4) is 6.07 Å². The van der Waals surface area contributed by atoms with Crippen molar-refractivity contribution in [2.45, 2.75) is 25.2 Å². The quantitative estimate of drug-likeness (QED) is 0.604. The van der Waals surface area contributed by atoms with Gasteiger partial charge in [-0.05, 0) is 60.2 Å². The van der Waals surface area contributed by atoms with Gasteiger partial charge in [-0.15, -0.1) is 0 Å². The standard InChI is InChI=1S/C27H22N4O3/c1-16-22-11-10-18-15-29-26(30-21-8-3-2-4-9-21)31-24(18)27(22,13-19(14-28)23(16)32)20-7-5-6-17(12-20)25(33)34/h2-9,12-13,15-16,22H,10-11H2,1H3,(H,33,34)(H,29,30,31)/t16-,22-,27+/m0/s1. The molecule has 0 saturated carbocycles. The molecule has 3 aromatic rings. The molecule has 3 atom stereocenters. The van der Waals surface area contributed by atoms with E-state index >= 15 is 0 Å². The first-order valence-corrected chi connectivity index (χ1v) is 11.1. The number of ketones is 1. The summed E-state index contributed by atoms with van der Waals surface area (Å²) >= 11 is 0. The van der Waals surface area contributed by atoms with E-state index in [-0.39, 0.29) is 22.8 Å². The highest BCUT2D eigenvalue weighted by Crippen LogP contribution is 2.53. The Morgan fingerprint density at radius 1 is 1.21 bits per heavy atom. The van der Waals surface area contributed by atoms with E-state index in [0.717, 1.165) is 11.3 Å². The van der Waals surface area contributed by atoms with Gasteiger partial charge < -0.3 is 10.4 Å². The predicted octanol–water partition coefficient (Wildman–Crippen LogP) is 4.44. The lowest BCUT2D eigenvalue weighted by Gasteiger charge is -2.47. The maximum Gasteiger partial charge on any atom is 0.335 e. The second-order valence-electron chi connectivity index (χ2n) is 8.78. The van der Waals surface area contributed by atoms with E-state index in [4.69, 9.17) is 4.98 Å². The van der Waals surface area contributed by atoms with Crippen LogP contribution in [0.15, 0.2) is 72.4 Å². The summed E-state index contributed by atoms with van der Waals surface area (Å²) in [5.41, 5.74) is 2.46. The van der Waals surface area contributed by atoms with Crippen molar-refractivity contribution in [3.05, 3.63) is 94.8 Å². The third-order valence-electron chi connectivity index (χ3n) is 6.96. The van der Waals surface area contributed by atoms with Crippen LogP contribution in [-0.4, -0.2) is 26.8 Å². The number of carboxylic acids is 1. The van der Waals surface area contributed by atoms with Crippen LogP contribution in [0.5, 0.6) is 0 Å². The van der Waals surface area contributed by atoms with Crippen LogP contribution in [0.1, 0.15) is 40.5 Å². The second kappa shape index (κ2) is 8.23. The van der Waals surface area contributed by atoms with Crippen molar-refractivity contribution in [3.63, 3.8) is 0 Å². The minimum atomic E-state index is -1.04. The number of hydrogen-bond acceptors (Lipinski definition) is 6. The highest BCUT2D eigenvalue weighted by Gasteiger charge is 2.53. The van der Waals surface area contributed by atoms with Gasteiger partial charge in [-0.1, -0.05) is 37.3 Å². The lowest BCUT2D eigenvalue weighted by molar-refractivity contribution is -0.121. The second-order valence-corrected chi connectivity index (χ2v) is 8.78. The van der Waals surface area contributed by atoms with Gasteiger partial charge in [-0.2, -0.15) is 5.26 Å². The number of hydrogen-bond donors (Lipinski definition) is 2. The van der Waals surface area contributed by atoms with E-state index in [1.807, 2.05) is 43.3 Å². The highest BCUT2D eigenvalue weighted by molar-refractivity contribution is 6.02. The van der Waals surface area contributed by atoms with E-state index in [0.29, 0.717) is 30.0 Å². The fourth-order valence-electron chi connectivity index (χ4n) is 5.35. The van der Waals surface area contributed by atoms with E-state index in [2.05, 4.69) is 16.4 Å². The number of fused-ring (bicyclic) bond motifs is 3. The van der Waals surface area contributed by atoms with Crippen LogP contribution in [0.4, 0.5) is 11.6 Å². The van der Waals surface area contributed by atoms with Gasteiger partial charge in [0, 0.05) is 17.8 Å². The van der Waals surface area contributed by atoms with Gasteiger partial charge in [0.15, 0.2) is 5.78 Å². The summed E-state index contributed by atoms with van der Waals surface area (Å²) in [6, 6.07) is 18.3. The molecule has 0 fully saturated rings. The molecule has 2 aliphatic carbocycles. The zero-order chi connectivity index (χ0) is 23.9. The molecule has 2 N–H and O–H groups in total. The minimum Gasteiger partial charge on any atom is -0.478 e. The summed E-state index contributed by atoms with van der Waals surface area (Å²) in [6.07, 6.45) is 4.88. The van der Waals surface area contributed by atoms with Gasteiger partial charge in [0.1, 0.15) is 6.07 Å². The number of carboxylic acid groups (broad SMARTS) is 1. The van der Waals surface area contributed by atoms with Crippen molar-refractivity contribution in [2.75, 3.05) is 5.32 Å². The molecule has 7 heteroatoms. The number of benzene rings is 2. The molecule has 7 nitrogen and oxygen atoms in total. The van der Waals surface area contributed by atoms with Gasteiger partial charge in [-0.25, -0.2) is 14.8 Å². The summed E-state index contributed by atoms with van der Waals surface area (Å²) in [6.45, 7) is 1.85. The Balaban J connectivity index is 1.77. The summed E-state index contributed by atoms with van der Waals surface area (Å²) < 4.78 is 0. The Kier molecular flexibility index (Phi) is 5.21. The molecule has 0 radical (unpaired) electrons. The minimum absolute atomic E-state index is 0.0773. The molecule has 0 aliphatic heterocycles. The molecule has 0 amide bonds. The molecule has 0 unspecified atom stereocenters. The summed E-state index contributed by atoms with van der Waals surface area (Å²) in [4.78, 5) is 34.1. The molecule has 0 saturated heterocycles. The molecule has 2 aromatic carbocycles. The zero-order valence-corrected chi connectivity index (χ0v) is 18.5. The van der Waals surface area contributed by atoms with Crippen LogP contribution in [0.25, 0.3) is 0 Å². The monoisotopic (exact) mass is 450 g/mol. The van der Waals surface area contributed by atoms with Gasteiger partial charge in [-0.3, -0.25) is 4.79 Å². The lowest BCUT2D eigenvalue weighted by atomic mass is 9.54. The zero-order valence-electron chi connectivity index (χ0n) is 18.5. The van der Waals surface area contributed by atoms with Crippen molar-refractivity contribution in [2.24, 2.45) is 11.8 Å². The maximum absolute atomic E-state index is 13.0. The fraction of sp³-hybridized carbons (Fsp3) is 0.222. The largest absolute Gasteiger partial charge is 0.478 e. The van der Waals surface area contributed by atoms with Crippen LogP contribution in [-0.2, 0) is 16.6 Å². The molecule has 5 rings (SSSR count). The van der Waals surface area contributed by atoms with E-state index < -0.39 is 17.3 Å². The number of allylic oxidation sites excluding steroid dienone is 2. The third kappa shape index (κ3) is 3.35. The lowest BCUT2D eigenvalue weighted by Crippen LogP contribution is -2.48. The topological polar surface area (TPSA) is 116 Å². The first kappa shape index (κ1) is 21.5. The number of para-hydroxylation sites is 1. The van der Waals surface area contributed by atoms with Gasteiger partial charge in [0.2, 0.25) is 5.95 Å². The van der Waals surface area contributed by atoms with Crippen LogP contribution < -0.4 is 5.32 Å². The summed E-state index contributed by atoms with van der Waals surface area (Å²) in [5.74, 6) is -1.41. The normalized spacial score (nSPS) is 23.2. The van der Waals surface area contributed by atoms with Crippen molar-refractivity contribution in [1.82, 2.24) is 9.97 Å². The first-order chi connectivity index (χ1) is 16.4. The number of nitriles is 1.